The van der Waals surface area contributed by atoms with E-state index in [2.05, 4.69) is 37.9 Å². The molecular formula is C16H30N2O. The van der Waals surface area contributed by atoms with E-state index in [1.165, 1.54) is 25.7 Å². The van der Waals surface area contributed by atoms with Crippen LogP contribution in [0.5, 0.6) is 0 Å². The summed E-state index contributed by atoms with van der Waals surface area (Å²) in [4.78, 5) is 14.7. The Hall–Kier alpha value is -0.570. The van der Waals surface area contributed by atoms with Crippen molar-refractivity contribution in [2.45, 2.75) is 72.0 Å². The van der Waals surface area contributed by atoms with Crippen LogP contribution in [0.4, 0.5) is 0 Å². The van der Waals surface area contributed by atoms with Gasteiger partial charge in [-0.25, -0.2) is 0 Å². The molecule has 1 aliphatic heterocycles. The van der Waals surface area contributed by atoms with Gasteiger partial charge in [-0.15, -0.1) is 0 Å². The molecule has 1 heterocycles. The first-order chi connectivity index (χ1) is 9.02. The molecule has 2 aliphatic rings. The van der Waals surface area contributed by atoms with Gasteiger partial charge in [0.1, 0.15) is 0 Å². The summed E-state index contributed by atoms with van der Waals surface area (Å²) in [5.74, 6) is 2.27. The van der Waals surface area contributed by atoms with Crippen molar-refractivity contribution in [3.8, 4) is 0 Å². The molecular weight excluding hydrogens is 236 g/mol. The molecule has 110 valence electrons. The molecule has 0 spiro atoms. The van der Waals surface area contributed by atoms with E-state index in [1.54, 1.807) is 0 Å². The molecule has 0 aromatic carbocycles. The second kappa shape index (κ2) is 6.25. The molecule has 4 atom stereocenters. The summed E-state index contributed by atoms with van der Waals surface area (Å²) in [5, 5.41) is 3.52. The maximum absolute atomic E-state index is 12.5. The van der Waals surface area contributed by atoms with Crippen molar-refractivity contribution in [2.75, 3.05) is 6.54 Å². The lowest BCUT2D eigenvalue weighted by Gasteiger charge is -2.32. The molecule has 1 aliphatic carbocycles. The van der Waals surface area contributed by atoms with Gasteiger partial charge in [0.25, 0.3) is 0 Å². The van der Waals surface area contributed by atoms with Gasteiger partial charge in [-0.2, -0.15) is 0 Å². The van der Waals surface area contributed by atoms with Gasteiger partial charge in [-0.05, 0) is 37.0 Å². The van der Waals surface area contributed by atoms with Gasteiger partial charge in [-0.3, -0.25) is 10.1 Å². The molecule has 0 aromatic rings. The first kappa shape index (κ1) is 14.8. The topological polar surface area (TPSA) is 32.3 Å². The van der Waals surface area contributed by atoms with Crippen LogP contribution in [0.2, 0.25) is 0 Å². The average molecular weight is 266 g/mol. The van der Waals surface area contributed by atoms with Gasteiger partial charge < -0.3 is 4.90 Å². The van der Waals surface area contributed by atoms with Crippen molar-refractivity contribution in [1.29, 1.82) is 0 Å². The maximum Gasteiger partial charge on any atom is 0.241 e. The molecule has 3 heteroatoms. The molecule has 1 saturated carbocycles. The predicted octanol–water partition coefficient (Wildman–Crippen LogP) is 3.01. The van der Waals surface area contributed by atoms with Crippen molar-refractivity contribution < 1.29 is 4.79 Å². The quantitative estimate of drug-likeness (QED) is 0.848. The van der Waals surface area contributed by atoms with Gasteiger partial charge in [0.15, 0.2) is 0 Å². The monoisotopic (exact) mass is 266 g/mol. The second-order valence-corrected chi connectivity index (χ2v) is 6.94. The highest BCUT2D eigenvalue weighted by Crippen LogP contribution is 2.31. The van der Waals surface area contributed by atoms with Crippen LogP contribution in [0.3, 0.4) is 0 Å². The third kappa shape index (κ3) is 3.31. The van der Waals surface area contributed by atoms with Gasteiger partial charge in [-0.1, -0.05) is 40.5 Å². The zero-order valence-electron chi connectivity index (χ0n) is 13.0. The highest BCUT2D eigenvalue weighted by Gasteiger charge is 2.40. The Morgan fingerprint density at radius 3 is 2.68 bits per heavy atom. The number of carbonyl (C=O) groups is 1. The van der Waals surface area contributed by atoms with E-state index in [9.17, 15) is 4.79 Å². The standard InChI is InChI=1S/C16H30N2O/c1-5-14-17-15(11(2)3)16(19)18(14)10-13-8-6-7-12(4)9-13/h11-15,17H,5-10H2,1-4H3. The summed E-state index contributed by atoms with van der Waals surface area (Å²) in [5.41, 5.74) is 0. The fourth-order valence-electron chi connectivity index (χ4n) is 3.74. The Bertz CT molecular complexity index is 316. The van der Waals surface area contributed by atoms with E-state index in [-0.39, 0.29) is 12.2 Å². The number of carbonyl (C=O) groups excluding carboxylic acids is 1. The Morgan fingerprint density at radius 2 is 2.11 bits per heavy atom. The molecule has 2 rings (SSSR count). The molecule has 19 heavy (non-hydrogen) atoms. The molecule has 0 bridgehead atoms. The smallest absolute Gasteiger partial charge is 0.241 e. The lowest BCUT2D eigenvalue weighted by atomic mass is 9.82. The largest absolute Gasteiger partial charge is 0.326 e. The Morgan fingerprint density at radius 1 is 1.37 bits per heavy atom. The number of hydrogen-bond donors (Lipinski definition) is 1. The number of nitrogens with one attached hydrogen (secondary N) is 1. The lowest BCUT2D eigenvalue weighted by Crippen LogP contribution is -2.40. The van der Waals surface area contributed by atoms with E-state index in [1.807, 2.05) is 0 Å². The predicted molar refractivity (Wildman–Crippen MR) is 78.7 cm³/mol. The number of nitrogens with zero attached hydrogens (tertiary/aromatic N) is 1. The van der Waals surface area contributed by atoms with Crippen molar-refractivity contribution in [3.05, 3.63) is 0 Å². The van der Waals surface area contributed by atoms with Crippen LogP contribution in [0.1, 0.15) is 59.8 Å². The summed E-state index contributed by atoms with van der Waals surface area (Å²) in [6, 6.07) is 0.0333. The van der Waals surface area contributed by atoms with Crippen LogP contribution in [-0.2, 0) is 4.79 Å². The number of amides is 1. The molecule has 0 aromatic heterocycles. The van der Waals surface area contributed by atoms with Crippen molar-refractivity contribution in [1.82, 2.24) is 10.2 Å². The fourth-order valence-corrected chi connectivity index (χ4v) is 3.74. The van der Waals surface area contributed by atoms with E-state index in [0.29, 0.717) is 11.8 Å². The van der Waals surface area contributed by atoms with Crippen LogP contribution in [0, 0.1) is 17.8 Å². The SMILES string of the molecule is CCC1NC(C(C)C)C(=O)N1CC1CCCC(C)C1. The highest BCUT2D eigenvalue weighted by atomic mass is 16.2. The first-order valence-corrected chi connectivity index (χ1v) is 8.09. The zero-order valence-corrected chi connectivity index (χ0v) is 13.0. The summed E-state index contributed by atoms with van der Waals surface area (Å²) in [6.45, 7) is 9.76. The third-order valence-electron chi connectivity index (χ3n) is 4.85. The minimum absolute atomic E-state index is 0.0333. The van der Waals surface area contributed by atoms with E-state index >= 15 is 0 Å². The van der Waals surface area contributed by atoms with E-state index < -0.39 is 0 Å². The molecule has 1 saturated heterocycles. The molecule has 3 nitrogen and oxygen atoms in total. The average Bonchev–Trinajstić information content (AvgIpc) is 2.67. The molecule has 2 fully saturated rings. The maximum atomic E-state index is 12.5. The van der Waals surface area contributed by atoms with E-state index in [4.69, 9.17) is 0 Å². The zero-order chi connectivity index (χ0) is 14.0. The van der Waals surface area contributed by atoms with Gasteiger partial charge in [0, 0.05) is 6.54 Å². The van der Waals surface area contributed by atoms with Crippen LogP contribution in [0.15, 0.2) is 0 Å². The second-order valence-electron chi connectivity index (χ2n) is 6.94. The molecule has 1 amide bonds. The van der Waals surface area contributed by atoms with Gasteiger partial charge in [0.2, 0.25) is 5.91 Å². The first-order valence-electron chi connectivity index (χ1n) is 8.09. The normalized spacial score (nSPS) is 36.3. The van der Waals surface area contributed by atoms with Crippen molar-refractivity contribution in [3.63, 3.8) is 0 Å². The molecule has 1 N–H and O–H groups in total. The summed E-state index contributed by atoms with van der Waals surface area (Å²) in [7, 11) is 0. The lowest BCUT2D eigenvalue weighted by molar-refractivity contribution is -0.131. The van der Waals surface area contributed by atoms with Crippen molar-refractivity contribution in [2.24, 2.45) is 17.8 Å². The highest BCUT2D eigenvalue weighted by molar-refractivity contribution is 5.84. The van der Waals surface area contributed by atoms with Crippen LogP contribution in [-0.4, -0.2) is 29.6 Å². The fraction of sp³-hybridized carbons (Fsp3) is 0.938. The minimum atomic E-state index is 0.0333. The summed E-state index contributed by atoms with van der Waals surface area (Å²) < 4.78 is 0. The van der Waals surface area contributed by atoms with Crippen molar-refractivity contribution >= 4 is 5.91 Å². The number of hydrogen-bond acceptors (Lipinski definition) is 2. The third-order valence-corrected chi connectivity index (χ3v) is 4.85. The Kier molecular flexibility index (Phi) is 4.88. The van der Waals surface area contributed by atoms with Gasteiger partial charge in [0.05, 0.1) is 12.2 Å². The Balaban J connectivity index is 1.99. The molecule has 0 radical (unpaired) electrons. The summed E-state index contributed by atoms with van der Waals surface area (Å²) in [6.07, 6.45) is 6.58. The van der Waals surface area contributed by atoms with E-state index in [0.717, 1.165) is 24.8 Å². The Labute approximate surface area is 118 Å². The van der Waals surface area contributed by atoms with Crippen LogP contribution < -0.4 is 5.32 Å². The minimum Gasteiger partial charge on any atom is -0.326 e. The van der Waals surface area contributed by atoms with Crippen LogP contribution >= 0.6 is 0 Å². The summed E-state index contributed by atoms with van der Waals surface area (Å²) >= 11 is 0. The van der Waals surface area contributed by atoms with Crippen LogP contribution in [0.25, 0.3) is 0 Å². The van der Waals surface area contributed by atoms with Gasteiger partial charge >= 0.3 is 0 Å². The number of rotatable bonds is 4. The molecule has 4 unspecified atom stereocenters.